The normalized spacial score (nSPS) is 14.5. The highest BCUT2D eigenvalue weighted by molar-refractivity contribution is 6.35. The van der Waals surface area contributed by atoms with E-state index in [2.05, 4.69) is 5.32 Å². The number of halogens is 1. The first kappa shape index (κ1) is 16.4. The minimum atomic E-state index is -0.377. The van der Waals surface area contributed by atoms with E-state index in [1.807, 2.05) is 60.0 Å². The molecule has 5 heteroatoms. The number of carbonyl (C=O) groups excluding carboxylic acids is 1. The quantitative estimate of drug-likeness (QED) is 0.509. The molecule has 0 fully saturated rings. The lowest BCUT2D eigenvalue weighted by Crippen LogP contribution is -2.04. The lowest BCUT2D eigenvalue weighted by atomic mass is 10.0. The van der Waals surface area contributed by atoms with Crippen LogP contribution in [0.1, 0.15) is 16.8 Å². The van der Waals surface area contributed by atoms with Crippen molar-refractivity contribution in [2.45, 2.75) is 6.92 Å². The van der Waals surface area contributed by atoms with Crippen LogP contribution in [0.4, 0.5) is 10.1 Å². The third kappa shape index (κ3) is 2.60. The molecular formula is C23H16FN3O. The maximum atomic E-state index is 13.8. The van der Waals surface area contributed by atoms with Crippen LogP contribution in [0.3, 0.4) is 0 Å². The second kappa shape index (κ2) is 6.16. The number of pyridine rings is 1. The van der Waals surface area contributed by atoms with Crippen LogP contribution in [0.25, 0.3) is 28.6 Å². The molecule has 28 heavy (non-hydrogen) atoms. The van der Waals surface area contributed by atoms with E-state index in [0.717, 1.165) is 28.2 Å². The van der Waals surface area contributed by atoms with E-state index in [9.17, 15) is 9.18 Å². The molecule has 0 unspecified atom stereocenters. The number of rotatable bonds is 2. The maximum Gasteiger partial charge on any atom is 0.256 e. The Morgan fingerprint density at radius 1 is 1.07 bits per heavy atom. The molecule has 0 bridgehead atoms. The highest BCUT2D eigenvalue weighted by Gasteiger charge is 2.26. The molecule has 5 rings (SSSR count). The van der Waals surface area contributed by atoms with Crippen molar-refractivity contribution >= 4 is 28.9 Å². The second-order valence-electron chi connectivity index (χ2n) is 6.84. The van der Waals surface area contributed by atoms with E-state index in [1.165, 1.54) is 12.1 Å². The zero-order chi connectivity index (χ0) is 19.3. The Kier molecular flexibility index (Phi) is 3.62. The van der Waals surface area contributed by atoms with Gasteiger partial charge in [-0.3, -0.25) is 9.20 Å². The van der Waals surface area contributed by atoms with Crippen molar-refractivity contribution in [2.24, 2.45) is 0 Å². The largest absolute Gasteiger partial charge is 0.321 e. The van der Waals surface area contributed by atoms with E-state index in [4.69, 9.17) is 4.98 Å². The summed E-state index contributed by atoms with van der Waals surface area (Å²) in [4.78, 5) is 17.3. The number of nitrogens with one attached hydrogen (secondary N) is 1. The molecule has 2 aromatic carbocycles. The molecule has 4 aromatic rings. The Balaban J connectivity index is 1.77. The lowest BCUT2D eigenvalue weighted by Gasteiger charge is -2.04. The predicted octanol–water partition coefficient (Wildman–Crippen LogP) is 4.94. The fraction of sp³-hybridized carbons (Fsp3) is 0.0435. The van der Waals surface area contributed by atoms with Crippen LogP contribution < -0.4 is 5.32 Å². The van der Waals surface area contributed by atoms with E-state index in [-0.39, 0.29) is 11.7 Å². The van der Waals surface area contributed by atoms with Gasteiger partial charge in [0.2, 0.25) is 0 Å². The molecule has 2 aromatic heterocycles. The first-order chi connectivity index (χ1) is 13.6. The second-order valence-corrected chi connectivity index (χ2v) is 6.84. The summed E-state index contributed by atoms with van der Waals surface area (Å²) in [7, 11) is 0. The van der Waals surface area contributed by atoms with Gasteiger partial charge >= 0.3 is 0 Å². The van der Waals surface area contributed by atoms with Crippen LogP contribution in [0, 0.1) is 12.7 Å². The van der Waals surface area contributed by atoms with E-state index < -0.39 is 0 Å². The molecule has 1 aliphatic rings. The summed E-state index contributed by atoms with van der Waals surface area (Å²) in [5.41, 5.74) is 6.05. The average Bonchev–Trinajstić information content (AvgIpc) is 3.21. The van der Waals surface area contributed by atoms with Crippen LogP contribution in [0.15, 0.2) is 66.9 Å². The minimum absolute atomic E-state index is 0.249. The Bertz CT molecular complexity index is 1270. The van der Waals surface area contributed by atoms with Crippen molar-refractivity contribution in [2.75, 3.05) is 5.32 Å². The first-order valence-electron chi connectivity index (χ1n) is 8.97. The third-order valence-corrected chi connectivity index (χ3v) is 4.94. The molecule has 0 atom stereocenters. The summed E-state index contributed by atoms with van der Waals surface area (Å²) in [5.74, 6) is -0.626. The first-order valence-corrected chi connectivity index (χ1v) is 8.97. The SMILES string of the molecule is Cc1ccc(-c2nc3ccccn3c2/C=C2/C(=O)Nc3ccc(F)cc32)cc1. The van der Waals surface area contributed by atoms with Crippen LogP contribution in [0.5, 0.6) is 0 Å². The minimum Gasteiger partial charge on any atom is -0.321 e. The van der Waals surface area contributed by atoms with Crippen molar-refractivity contribution in [1.29, 1.82) is 0 Å². The molecule has 0 spiro atoms. The Labute approximate surface area is 161 Å². The van der Waals surface area contributed by atoms with Crippen molar-refractivity contribution in [3.63, 3.8) is 0 Å². The standard InChI is InChI=1S/C23H16FN3O/c1-14-5-7-15(8-6-14)22-20(27-11-3-2-4-21(27)26-22)13-18-17-12-16(24)9-10-19(17)25-23(18)28/h2-13H,1H3,(H,25,28)/b18-13+. The molecule has 3 heterocycles. The molecule has 1 aliphatic heterocycles. The lowest BCUT2D eigenvalue weighted by molar-refractivity contribution is -0.110. The van der Waals surface area contributed by atoms with Crippen molar-refractivity contribution < 1.29 is 9.18 Å². The number of carbonyl (C=O) groups is 1. The highest BCUT2D eigenvalue weighted by Crippen LogP contribution is 2.35. The zero-order valence-electron chi connectivity index (χ0n) is 15.1. The predicted molar refractivity (Wildman–Crippen MR) is 108 cm³/mol. The molecule has 1 N–H and O–H groups in total. The number of nitrogens with zero attached hydrogens (tertiary/aromatic N) is 2. The molecule has 0 saturated carbocycles. The number of hydrogen-bond donors (Lipinski definition) is 1. The summed E-state index contributed by atoms with van der Waals surface area (Å²) < 4.78 is 15.7. The number of benzene rings is 2. The summed E-state index contributed by atoms with van der Waals surface area (Å²) in [5, 5.41) is 2.80. The summed E-state index contributed by atoms with van der Waals surface area (Å²) in [6.07, 6.45) is 3.70. The number of hydrogen-bond acceptors (Lipinski definition) is 2. The Morgan fingerprint density at radius 2 is 1.89 bits per heavy atom. The van der Waals surface area contributed by atoms with Gasteiger partial charge in [-0.25, -0.2) is 9.37 Å². The molecule has 0 saturated heterocycles. The molecule has 4 nitrogen and oxygen atoms in total. The molecular weight excluding hydrogens is 353 g/mol. The highest BCUT2D eigenvalue weighted by atomic mass is 19.1. The topological polar surface area (TPSA) is 46.4 Å². The van der Waals surface area contributed by atoms with Gasteiger partial charge in [0.15, 0.2) is 0 Å². The number of anilines is 1. The van der Waals surface area contributed by atoms with Gasteiger partial charge in [0.25, 0.3) is 5.91 Å². The van der Waals surface area contributed by atoms with E-state index in [1.54, 1.807) is 12.1 Å². The van der Waals surface area contributed by atoms with Gasteiger partial charge in [0, 0.05) is 23.0 Å². The summed E-state index contributed by atoms with van der Waals surface area (Å²) in [6.45, 7) is 2.03. The van der Waals surface area contributed by atoms with E-state index in [0.29, 0.717) is 16.8 Å². The number of fused-ring (bicyclic) bond motifs is 2. The number of aromatic nitrogens is 2. The van der Waals surface area contributed by atoms with Gasteiger partial charge in [0.1, 0.15) is 11.5 Å². The number of aryl methyl sites for hydroxylation is 1. The van der Waals surface area contributed by atoms with Crippen LogP contribution in [-0.4, -0.2) is 15.3 Å². The summed E-state index contributed by atoms with van der Waals surface area (Å²) >= 11 is 0. The molecule has 0 radical (unpaired) electrons. The van der Waals surface area contributed by atoms with E-state index >= 15 is 0 Å². The van der Waals surface area contributed by atoms with Gasteiger partial charge in [-0.05, 0) is 43.3 Å². The van der Waals surface area contributed by atoms with Gasteiger partial charge in [-0.15, -0.1) is 0 Å². The monoisotopic (exact) mass is 369 g/mol. The fourth-order valence-electron chi connectivity index (χ4n) is 3.52. The smallest absolute Gasteiger partial charge is 0.256 e. The van der Waals surface area contributed by atoms with Gasteiger partial charge in [0.05, 0.1) is 17.0 Å². The van der Waals surface area contributed by atoms with Crippen molar-refractivity contribution in [3.8, 4) is 11.3 Å². The molecule has 0 aliphatic carbocycles. The molecule has 136 valence electrons. The van der Waals surface area contributed by atoms with Crippen molar-refractivity contribution in [3.05, 3.63) is 89.5 Å². The Morgan fingerprint density at radius 3 is 2.71 bits per heavy atom. The van der Waals surface area contributed by atoms with Crippen LogP contribution in [-0.2, 0) is 4.79 Å². The zero-order valence-corrected chi connectivity index (χ0v) is 15.1. The number of imidazole rings is 1. The van der Waals surface area contributed by atoms with Crippen LogP contribution >= 0.6 is 0 Å². The van der Waals surface area contributed by atoms with Crippen LogP contribution in [0.2, 0.25) is 0 Å². The maximum absolute atomic E-state index is 13.8. The summed E-state index contributed by atoms with van der Waals surface area (Å²) in [6, 6.07) is 18.2. The fourth-order valence-corrected chi connectivity index (χ4v) is 3.52. The van der Waals surface area contributed by atoms with Gasteiger partial charge in [-0.2, -0.15) is 0 Å². The third-order valence-electron chi connectivity index (χ3n) is 4.94. The average molecular weight is 369 g/mol. The number of amides is 1. The van der Waals surface area contributed by atoms with Gasteiger partial charge in [-0.1, -0.05) is 35.9 Å². The Hall–Kier alpha value is -3.73. The molecule has 1 amide bonds. The van der Waals surface area contributed by atoms with Crippen molar-refractivity contribution in [1.82, 2.24) is 9.38 Å². The van der Waals surface area contributed by atoms with Gasteiger partial charge < -0.3 is 5.32 Å².